The van der Waals surface area contributed by atoms with Gasteiger partial charge in [0.2, 0.25) is 0 Å². The van der Waals surface area contributed by atoms with Crippen LogP contribution < -0.4 is 16.4 Å². The van der Waals surface area contributed by atoms with Crippen LogP contribution in [0.2, 0.25) is 4.34 Å². The maximum absolute atomic E-state index is 13.1. The van der Waals surface area contributed by atoms with Crippen LogP contribution in [-0.2, 0) is 24.9 Å². The number of fused-ring (bicyclic) bond motifs is 1. The predicted molar refractivity (Wildman–Crippen MR) is 152 cm³/mol. The summed E-state index contributed by atoms with van der Waals surface area (Å²) < 4.78 is 37.0. The van der Waals surface area contributed by atoms with Gasteiger partial charge in [-0.1, -0.05) is 39.9 Å². The van der Waals surface area contributed by atoms with E-state index in [9.17, 15) is 42.7 Å². The summed E-state index contributed by atoms with van der Waals surface area (Å²) in [5.41, 5.74) is 5.14. The van der Waals surface area contributed by atoms with Crippen LogP contribution in [-0.4, -0.2) is 85.1 Å². The fourth-order valence-corrected chi connectivity index (χ4v) is 7.25. The van der Waals surface area contributed by atoms with E-state index in [2.05, 4.69) is 20.4 Å². The molecule has 0 aromatic carbocycles. The number of nitrogen functional groups attached to an aromatic ring is 1. The number of nitrogens with one attached hydrogen (secondary N) is 2. The van der Waals surface area contributed by atoms with E-state index in [-0.39, 0.29) is 45.3 Å². The third kappa shape index (κ3) is 7.16. The molecule has 0 aliphatic carbocycles. The highest BCUT2D eigenvalue weighted by molar-refractivity contribution is 8.03. The molecule has 0 saturated carbocycles. The Morgan fingerprint density at radius 2 is 2.07 bits per heavy atom. The number of halogens is 4. The third-order valence-corrected chi connectivity index (χ3v) is 9.42. The van der Waals surface area contributed by atoms with Crippen molar-refractivity contribution >= 4 is 81.0 Å². The number of oxime groups is 1. The molecule has 4 rings (SSSR count). The van der Waals surface area contributed by atoms with Crippen molar-refractivity contribution in [1.29, 1.82) is 0 Å². The fourth-order valence-electron chi connectivity index (χ4n) is 4.26. The lowest BCUT2D eigenvalue weighted by molar-refractivity contribution is -0.173. The van der Waals surface area contributed by atoms with Crippen molar-refractivity contribution in [1.82, 2.24) is 25.5 Å². The van der Waals surface area contributed by atoms with Gasteiger partial charge in [-0.15, -0.1) is 0 Å². The number of anilines is 1. The first kappa shape index (κ1) is 32.4. The fraction of sp³-hybridized carbons (Fsp3) is 0.348. The average Bonchev–Trinajstić information content (AvgIpc) is 3.28. The molecule has 13 nitrogen and oxygen atoms in total. The second-order valence-electron chi connectivity index (χ2n) is 8.82. The van der Waals surface area contributed by atoms with Gasteiger partial charge in [0.25, 0.3) is 11.8 Å². The van der Waals surface area contributed by atoms with E-state index < -0.39 is 47.7 Å². The van der Waals surface area contributed by atoms with Crippen molar-refractivity contribution in [2.24, 2.45) is 5.16 Å². The third-order valence-electron chi connectivity index (χ3n) is 6.13. The first-order valence-corrected chi connectivity index (χ1v) is 15.3. The molecule has 0 radical (unpaired) electrons. The lowest BCUT2D eigenvalue weighted by atomic mass is 9.86. The Bertz CT molecular complexity index is 1520. The number of β-lactam (4-membered cyclic amide) rings is 1. The first-order valence-electron chi connectivity index (χ1n) is 12.1. The van der Waals surface area contributed by atoms with Gasteiger partial charge in [0, 0.05) is 34.0 Å². The minimum atomic E-state index is -4.96. The molecule has 2 aromatic rings. The molecule has 3 amide bonds. The highest BCUT2D eigenvalue weighted by atomic mass is 35.5. The van der Waals surface area contributed by atoms with Crippen molar-refractivity contribution in [3.63, 3.8) is 0 Å². The number of rotatable bonds is 11. The molecule has 20 heteroatoms. The van der Waals surface area contributed by atoms with Crippen LogP contribution in [0.3, 0.4) is 0 Å². The van der Waals surface area contributed by atoms with E-state index >= 15 is 0 Å². The van der Waals surface area contributed by atoms with E-state index in [1.54, 1.807) is 17.4 Å². The highest BCUT2D eigenvalue weighted by Gasteiger charge is 2.54. The number of carbonyl (C=O) groups excluding carboxylic acids is 3. The number of thiazole rings is 1. The normalized spacial score (nSPS) is 18.7. The monoisotopic (exact) mass is 679 g/mol. The van der Waals surface area contributed by atoms with Crippen molar-refractivity contribution in [3.8, 4) is 0 Å². The molecule has 2 aliphatic rings. The number of nitrogens with zero attached hydrogens (tertiary/aromatic N) is 4. The molecule has 0 bridgehead atoms. The minimum absolute atomic E-state index is 0.00108. The Labute approximate surface area is 258 Å². The minimum Gasteiger partial charge on any atom is -0.477 e. The Kier molecular flexibility index (Phi) is 10.1. The number of aromatic nitrogens is 2. The van der Waals surface area contributed by atoms with Gasteiger partial charge < -0.3 is 26.7 Å². The number of allylic oxidation sites excluding steroid dienone is 1. The van der Waals surface area contributed by atoms with Gasteiger partial charge in [-0.05, 0) is 25.0 Å². The Morgan fingerprint density at radius 3 is 2.70 bits per heavy atom. The SMILES string of the molecule is Nc1nc(/C(=N/O)C(=O)N[C@@H]2C(=O)N3C(C(=O)O)=C(Sc4cccnc4CSCCNC(=O)C(F)(F)F)CCC23)c(Cl)s1. The summed E-state index contributed by atoms with van der Waals surface area (Å²) in [6, 6.07) is 1.56. The van der Waals surface area contributed by atoms with Crippen molar-refractivity contribution in [2.45, 2.75) is 41.7 Å². The Morgan fingerprint density at radius 1 is 1.33 bits per heavy atom. The number of carboxylic acid groups (broad SMARTS) is 1. The van der Waals surface area contributed by atoms with E-state index in [1.807, 2.05) is 0 Å². The van der Waals surface area contributed by atoms with Crippen LogP contribution in [0.25, 0.3) is 0 Å². The van der Waals surface area contributed by atoms with Gasteiger partial charge in [-0.2, -0.15) is 24.9 Å². The maximum atomic E-state index is 13.1. The van der Waals surface area contributed by atoms with Crippen molar-refractivity contribution in [3.05, 3.63) is 44.7 Å². The number of carbonyl (C=O) groups is 4. The van der Waals surface area contributed by atoms with Gasteiger partial charge in [-0.25, -0.2) is 9.78 Å². The molecule has 2 aromatic heterocycles. The quantitative estimate of drug-likeness (QED) is 0.0768. The Balaban J connectivity index is 1.43. The first-order chi connectivity index (χ1) is 20.3. The zero-order valence-electron chi connectivity index (χ0n) is 21.6. The average molecular weight is 680 g/mol. The largest absolute Gasteiger partial charge is 0.477 e. The number of nitrogens with two attached hydrogens (primary N) is 1. The molecule has 1 unspecified atom stereocenters. The highest BCUT2D eigenvalue weighted by Crippen LogP contribution is 2.44. The number of thioether (sulfide) groups is 2. The van der Waals surface area contributed by atoms with Crippen LogP contribution in [0.1, 0.15) is 24.2 Å². The molecule has 43 heavy (non-hydrogen) atoms. The maximum Gasteiger partial charge on any atom is 0.471 e. The van der Waals surface area contributed by atoms with Crippen LogP contribution in [0.15, 0.2) is 39.0 Å². The lowest BCUT2D eigenvalue weighted by Crippen LogP contribution is -2.72. The number of aliphatic carboxylic acids is 1. The second kappa shape index (κ2) is 13.4. The van der Waals surface area contributed by atoms with Gasteiger partial charge in [0.15, 0.2) is 10.8 Å². The summed E-state index contributed by atoms with van der Waals surface area (Å²) in [6.07, 6.45) is -2.91. The number of amides is 3. The van der Waals surface area contributed by atoms with Gasteiger partial charge >= 0.3 is 18.1 Å². The van der Waals surface area contributed by atoms with E-state index in [1.165, 1.54) is 18.0 Å². The topological polar surface area (TPSA) is 200 Å². The molecule has 230 valence electrons. The van der Waals surface area contributed by atoms with Gasteiger partial charge in [0.05, 0.1) is 11.7 Å². The summed E-state index contributed by atoms with van der Waals surface area (Å²) in [5.74, 6) is -4.57. The van der Waals surface area contributed by atoms with Crippen molar-refractivity contribution in [2.75, 3.05) is 18.0 Å². The van der Waals surface area contributed by atoms with Crippen LogP contribution in [0.5, 0.6) is 0 Å². The number of pyridine rings is 1. The van der Waals surface area contributed by atoms with E-state index in [0.29, 0.717) is 21.9 Å². The molecular weight excluding hydrogens is 659 g/mol. The summed E-state index contributed by atoms with van der Waals surface area (Å²) in [5, 5.41) is 26.6. The molecule has 1 fully saturated rings. The standard InChI is InChI=1S/C23H21ClF3N7O6S3/c24-17-14(32-22(28)43-17)15(33-40)18(35)31-13-10-3-4-12(16(20(37)38)34(10)19(13)36)42-11-2-1-5-29-9(11)8-41-7-6-30-21(39)23(25,26)27/h1-2,5,10,13,40H,3-4,6-8H2,(H2,28,32)(H,30,39)(H,31,35)(H,37,38)/b33-15-/t10?,13-/m0/s1. The number of hydrogen-bond acceptors (Lipinski definition) is 12. The summed E-state index contributed by atoms with van der Waals surface area (Å²) in [6.45, 7) is -0.209. The molecule has 1 saturated heterocycles. The summed E-state index contributed by atoms with van der Waals surface area (Å²) in [7, 11) is 0. The molecule has 2 aliphatic heterocycles. The van der Waals surface area contributed by atoms with Gasteiger partial charge in [0.1, 0.15) is 21.8 Å². The molecular formula is C23H21ClF3N7O6S3. The van der Waals surface area contributed by atoms with E-state index in [0.717, 1.165) is 28.0 Å². The number of alkyl halides is 3. The lowest BCUT2D eigenvalue weighted by Gasteiger charge is -2.50. The smallest absolute Gasteiger partial charge is 0.471 e. The summed E-state index contributed by atoms with van der Waals surface area (Å²) >= 11 is 9.18. The van der Waals surface area contributed by atoms with Crippen LogP contribution >= 0.6 is 46.5 Å². The van der Waals surface area contributed by atoms with E-state index in [4.69, 9.17) is 17.3 Å². The Hall–Kier alpha value is -3.55. The van der Waals surface area contributed by atoms with Crippen molar-refractivity contribution < 1.29 is 42.7 Å². The van der Waals surface area contributed by atoms with Crippen LogP contribution in [0.4, 0.5) is 18.3 Å². The molecule has 4 heterocycles. The second-order valence-corrected chi connectivity index (χ2v) is 12.7. The zero-order chi connectivity index (χ0) is 31.5. The number of carboxylic acids is 1. The van der Waals surface area contributed by atoms with Gasteiger partial charge in [-0.3, -0.25) is 24.3 Å². The molecule has 2 atom stereocenters. The van der Waals surface area contributed by atoms with Crippen LogP contribution in [0, 0.1) is 0 Å². The number of hydrogen-bond donors (Lipinski definition) is 5. The predicted octanol–water partition coefficient (Wildman–Crippen LogP) is 2.44. The zero-order valence-corrected chi connectivity index (χ0v) is 24.8. The molecule has 6 N–H and O–H groups in total. The molecule has 0 spiro atoms. The summed E-state index contributed by atoms with van der Waals surface area (Å²) in [4.78, 5) is 59.3.